The van der Waals surface area contributed by atoms with Gasteiger partial charge < -0.3 is 9.63 Å². The normalized spacial score (nSPS) is 16.2. The maximum absolute atomic E-state index is 9.52. The van der Waals surface area contributed by atoms with Crippen LogP contribution < -0.4 is 0 Å². The number of nitrogens with zero attached hydrogens (tertiary/aromatic N) is 2. The maximum atomic E-state index is 9.52. The largest absolute Gasteiger partial charge is 0.393 e. The molecule has 0 saturated heterocycles. The van der Waals surface area contributed by atoms with E-state index in [0.717, 1.165) is 0 Å². The lowest BCUT2D eigenvalue weighted by Gasteiger charge is -2.19. The van der Waals surface area contributed by atoms with E-state index >= 15 is 0 Å². The van der Waals surface area contributed by atoms with Gasteiger partial charge in [-0.15, -0.1) is 0 Å². The minimum Gasteiger partial charge on any atom is -0.393 e. The van der Waals surface area contributed by atoms with Crippen LogP contribution in [0.25, 0.3) is 0 Å². The quantitative estimate of drug-likeness (QED) is 0.773. The molecule has 1 aromatic heterocycles. The fraction of sp³-hybridized carbons (Fsp3) is 0.778. The lowest BCUT2D eigenvalue weighted by molar-refractivity contribution is 0.120. The number of hydrogen-bond acceptors (Lipinski definition) is 4. The SMILES string of the molecule is Cc1noc(C(C(C)C)C(C)O)n1. The molecule has 1 N–H and O–H groups in total. The smallest absolute Gasteiger partial charge is 0.232 e. The first kappa shape index (κ1) is 10.2. The fourth-order valence-corrected chi connectivity index (χ4v) is 1.50. The molecule has 4 nitrogen and oxygen atoms in total. The highest BCUT2D eigenvalue weighted by Gasteiger charge is 2.26. The minimum absolute atomic E-state index is 0.0683. The minimum atomic E-state index is -0.458. The molecule has 0 aliphatic carbocycles. The molecule has 74 valence electrons. The van der Waals surface area contributed by atoms with Crippen LogP contribution >= 0.6 is 0 Å². The number of rotatable bonds is 3. The van der Waals surface area contributed by atoms with Crippen molar-refractivity contribution in [3.05, 3.63) is 11.7 Å². The van der Waals surface area contributed by atoms with Crippen molar-refractivity contribution in [3.8, 4) is 0 Å². The molecule has 0 aliphatic rings. The van der Waals surface area contributed by atoms with Gasteiger partial charge in [-0.1, -0.05) is 19.0 Å². The summed E-state index contributed by atoms with van der Waals surface area (Å²) >= 11 is 0. The van der Waals surface area contributed by atoms with Crippen LogP contribution in [-0.2, 0) is 0 Å². The molecule has 0 aliphatic heterocycles. The van der Waals surface area contributed by atoms with E-state index in [1.54, 1.807) is 13.8 Å². The summed E-state index contributed by atoms with van der Waals surface area (Å²) in [7, 11) is 0. The molecule has 2 atom stereocenters. The van der Waals surface area contributed by atoms with Gasteiger partial charge in [0.2, 0.25) is 5.89 Å². The summed E-state index contributed by atoms with van der Waals surface area (Å²) < 4.78 is 5.03. The van der Waals surface area contributed by atoms with Crippen molar-refractivity contribution in [2.24, 2.45) is 5.92 Å². The van der Waals surface area contributed by atoms with Gasteiger partial charge in [-0.3, -0.25) is 0 Å². The maximum Gasteiger partial charge on any atom is 0.232 e. The zero-order chi connectivity index (χ0) is 10.0. The Morgan fingerprint density at radius 3 is 2.23 bits per heavy atom. The molecule has 4 heteroatoms. The van der Waals surface area contributed by atoms with E-state index in [9.17, 15) is 5.11 Å². The number of aliphatic hydroxyl groups is 1. The summed E-state index contributed by atoms with van der Waals surface area (Å²) in [6.45, 7) is 7.56. The summed E-state index contributed by atoms with van der Waals surface area (Å²) in [4.78, 5) is 4.12. The summed E-state index contributed by atoms with van der Waals surface area (Å²) in [5.74, 6) is 1.37. The molecule has 0 spiro atoms. The molecule has 0 bridgehead atoms. The van der Waals surface area contributed by atoms with Crippen LogP contribution in [-0.4, -0.2) is 21.4 Å². The third-order valence-electron chi connectivity index (χ3n) is 2.07. The van der Waals surface area contributed by atoms with E-state index in [1.165, 1.54) is 0 Å². The Kier molecular flexibility index (Phi) is 3.03. The van der Waals surface area contributed by atoms with Gasteiger partial charge in [0.1, 0.15) is 0 Å². The van der Waals surface area contributed by atoms with Crippen LogP contribution in [0.4, 0.5) is 0 Å². The van der Waals surface area contributed by atoms with Gasteiger partial charge in [0.05, 0.1) is 12.0 Å². The Morgan fingerprint density at radius 2 is 1.92 bits per heavy atom. The lowest BCUT2D eigenvalue weighted by Crippen LogP contribution is -2.20. The first-order valence-electron chi connectivity index (χ1n) is 4.50. The van der Waals surface area contributed by atoms with E-state index < -0.39 is 6.10 Å². The highest BCUT2D eigenvalue weighted by molar-refractivity contribution is 4.96. The van der Waals surface area contributed by atoms with Crippen molar-refractivity contribution < 1.29 is 9.63 Å². The summed E-state index contributed by atoms with van der Waals surface area (Å²) in [5.41, 5.74) is 0. The Labute approximate surface area is 78.0 Å². The molecule has 0 aromatic carbocycles. The lowest BCUT2D eigenvalue weighted by atomic mass is 9.91. The molecular formula is C9H16N2O2. The average Bonchev–Trinajstić information content (AvgIpc) is 2.34. The molecule has 2 unspecified atom stereocenters. The average molecular weight is 184 g/mol. The first-order chi connectivity index (χ1) is 6.02. The topological polar surface area (TPSA) is 59.2 Å². The highest BCUT2D eigenvalue weighted by atomic mass is 16.5. The van der Waals surface area contributed by atoms with Gasteiger partial charge >= 0.3 is 0 Å². The summed E-state index contributed by atoms with van der Waals surface area (Å²) in [6, 6.07) is 0. The molecule has 1 aromatic rings. The number of aryl methyl sites for hydroxylation is 1. The standard InChI is InChI=1S/C9H16N2O2/c1-5(2)8(6(3)12)9-10-7(4)11-13-9/h5-6,8,12H,1-4H3. The Hall–Kier alpha value is -0.900. The molecule has 1 rings (SSSR count). The van der Waals surface area contributed by atoms with Crippen LogP contribution in [0.1, 0.15) is 38.4 Å². The van der Waals surface area contributed by atoms with Gasteiger partial charge in [0, 0.05) is 0 Å². The van der Waals surface area contributed by atoms with E-state index in [0.29, 0.717) is 17.6 Å². The Morgan fingerprint density at radius 1 is 1.31 bits per heavy atom. The monoisotopic (exact) mass is 184 g/mol. The number of aromatic nitrogens is 2. The van der Waals surface area contributed by atoms with Crippen molar-refractivity contribution in [3.63, 3.8) is 0 Å². The second-order valence-corrected chi connectivity index (χ2v) is 3.69. The van der Waals surface area contributed by atoms with E-state index in [4.69, 9.17) is 4.52 Å². The number of aliphatic hydroxyl groups excluding tert-OH is 1. The van der Waals surface area contributed by atoms with Crippen molar-refractivity contribution in [1.29, 1.82) is 0 Å². The third kappa shape index (κ3) is 2.28. The Balaban J connectivity index is 2.88. The molecular weight excluding hydrogens is 168 g/mol. The van der Waals surface area contributed by atoms with E-state index in [-0.39, 0.29) is 5.92 Å². The second-order valence-electron chi connectivity index (χ2n) is 3.69. The molecule has 0 amide bonds. The van der Waals surface area contributed by atoms with Gasteiger partial charge in [0.25, 0.3) is 0 Å². The zero-order valence-electron chi connectivity index (χ0n) is 8.48. The van der Waals surface area contributed by atoms with Gasteiger partial charge in [-0.25, -0.2) is 0 Å². The van der Waals surface area contributed by atoms with Crippen LogP contribution in [0, 0.1) is 12.8 Å². The second kappa shape index (κ2) is 3.87. The third-order valence-corrected chi connectivity index (χ3v) is 2.07. The van der Waals surface area contributed by atoms with Crippen molar-refractivity contribution in [2.75, 3.05) is 0 Å². The van der Waals surface area contributed by atoms with E-state index in [1.807, 2.05) is 13.8 Å². The molecule has 1 heterocycles. The van der Waals surface area contributed by atoms with Crippen molar-refractivity contribution >= 4 is 0 Å². The molecule has 0 fully saturated rings. The molecule has 0 saturated carbocycles. The number of hydrogen-bond donors (Lipinski definition) is 1. The van der Waals surface area contributed by atoms with Crippen LogP contribution in [0.2, 0.25) is 0 Å². The summed E-state index contributed by atoms with van der Waals surface area (Å²) in [5, 5.41) is 13.2. The van der Waals surface area contributed by atoms with E-state index in [2.05, 4.69) is 10.1 Å². The first-order valence-corrected chi connectivity index (χ1v) is 4.50. The Bertz CT molecular complexity index is 260. The van der Waals surface area contributed by atoms with Crippen LogP contribution in [0.3, 0.4) is 0 Å². The van der Waals surface area contributed by atoms with Crippen molar-refractivity contribution in [2.45, 2.75) is 39.7 Å². The predicted molar refractivity (Wildman–Crippen MR) is 48.3 cm³/mol. The highest BCUT2D eigenvalue weighted by Crippen LogP contribution is 2.26. The van der Waals surface area contributed by atoms with Crippen LogP contribution in [0.5, 0.6) is 0 Å². The van der Waals surface area contributed by atoms with Crippen LogP contribution in [0.15, 0.2) is 4.52 Å². The molecule has 13 heavy (non-hydrogen) atoms. The van der Waals surface area contributed by atoms with Crippen molar-refractivity contribution in [1.82, 2.24) is 10.1 Å². The predicted octanol–water partition coefficient (Wildman–Crippen LogP) is 1.50. The van der Waals surface area contributed by atoms with Gasteiger partial charge in [0.15, 0.2) is 5.82 Å². The molecule has 0 radical (unpaired) electrons. The van der Waals surface area contributed by atoms with Gasteiger partial charge in [-0.2, -0.15) is 4.98 Å². The summed E-state index contributed by atoms with van der Waals surface area (Å²) in [6.07, 6.45) is -0.458. The fourth-order valence-electron chi connectivity index (χ4n) is 1.50. The van der Waals surface area contributed by atoms with Gasteiger partial charge in [-0.05, 0) is 19.8 Å². The zero-order valence-corrected chi connectivity index (χ0v) is 8.48.